The van der Waals surface area contributed by atoms with Gasteiger partial charge >= 0.3 is 0 Å². The number of methoxy groups -OCH3 is 2. The van der Waals surface area contributed by atoms with Gasteiger partial charge in [0.05, 0.1) is 25.6 Å². The lowest BCUT2D eigenvalue weighted by molar-refractivity contribution is -0.117. The van der Waals surface area contributed by atoms with Crippen molar-refractivity contribution in [3.8, 4) is 11.5 Å². The van der Waals surface area contributed by atoms with E-state index < -0.39 is 0 Å². The maximum Gasteiger partial charge on any atom is 0.226 e. The van der Waals surface area contributed by atoms with E-state index in [-0.39, 0.29) is 24.8 Å². The zero-order chi connectivity index (χ0) is 19.1. The van der Waals surface area contributed by atoms with Crippen LogP contribution >= 0.6 is 11.6 Å². The number of carbonyl (C=O) groups excluding carboxylic acids is 2. The van der Waals surface area contributed by atoms with E-state index in [9.17, 15) is 9.59 Å². The Kier molecular flexibility index (Phi) is 6.86. The largest absolute Gasteiger partial charge is 0.495 e. The number of nitrogens with one attached hydrogen (secondary N) is 1. The van der Waals surface area contributed by atoms with E-state index in [4.69, 9.17) is 21.1 Å². The number of nitrogens with zero attached hydrogens (tertiary/aromatic N) is 1. The van der Waals surface area contributed by atoms with Crippen LogP contribution < -0.4 is 19.7 Å². The number of para-hydroxylation sites is 2. The fourth-order valence-electron chi connectivity index (χ4n) is 2.50. The second kappa shape index (κ2) is 9.10. The third kappa shape index (κ3) is 4.89. The minimum absolute atomic E-state index is 0.104. The van der Waals surface area contributed by atoms with Crippen molar-refractivity contribution in [3.63, 3.8) is 0 Å². The molecule has 0 aromatic heterocycles. The summed E-state index contributed by atoms with van der Waals surface area (Å²) in [6, 6.07) is 12.1. The number of halogens is 1. The monoisotopic (exact) mass is 376 g/mol. The van der Waals surface area contributed by atoms with Crippen molar-refractivity contribution >= 4 is 34.8 Å². The number of hydrogen-bond donors (Lipinski definition) is 1. The Balaban J connectivity index is 2.11. The van der Waals surface area contributed by atoms with E-state index in [0.717, 1.165) is 0 Å². The van der Waals surface area contributed by atoms with Gasteiger partial charge in [-0.1, -0.05) is 23.7 Å². The van der Waals surface area contributed by atoms with Crippen LogP contribution in [0, 0.1) is 0 Å². The van der Waals surface area contributed by atoms with Gasteiger partial charge in [0.2, 0.25) is 11.8 Å². The smallest absolute Gasteiger partial charge is 0.226 e. The highest BCUT2D eigenvalue weighted by molar-refractivity contribution is 6.31. The molecule has 0 radical (unpaired) electrons. The highest BCUT2D eigenvalue weighted by Gasteiger charge is 2.18. The van der Waals surface area contributed by atoms with Crippen molar-refractivity contribution in [2.45, 2.75) is 13.3 Å². The van der Waals surface area contributed by atoms with Crippen molar-refractivity contribution in [2.24, 2.45) is 0 Å². The molecule has 1 N–H and O–H groups in total. The summed E-state index contributed by atoms with van der Waals surface area (Å²) in [4.78, 5) is 25.8. The first-order chi connectivity index (χ1) is 12.5. The molecular weight excluding hydrogens is 356 g/mol. The molecule has 138 valence electrons. The third-order valence-corrected chi connectivity index (χ3v) is 3.99. The molecule has 2 rings (SSSR count). The van der Waals surface area contributed by atoms with Gasteiger partial charge in [-0.2, -0.15) is 0 Å². The van der Waals surface area contributed by atoms with Crippen LogP contribution in [0.25, 0.3) is 0 Å². The summed E-state index contributed by atoms with van der Waals surface area (Å²) in [5, 5.41) is 3.27. The standard InChI is InChI=1S/C19H21ClN2O4/c1-13(23)22(16-12-14(20)8-9-18(16)26-3)11-10-19(24)21-15-6-4-5-7-17(15)25-2/h4-9,12H,10-11H2,1-3H3,(H,21,24). The molecule has 0 saturated carbocycles. The molecule has 0 aliphatic rings. The van der Waals surface area contributed by atoms with E-state index >= 15 is 0 Å². The first-order valence-corrected chi connectivity index (χ1v) is 8.38. The minimum atomic E-state index is -0.234. The van der Waals surface area contributed by atoms with Crippen molar-refractivity contribution in [2.75, 3.05) is 31.0 Å². The van der Waals surface area contributed by atoms with Crippen LogP contribution in [0.2, 0.25) is 5.02 Å². The summed E-state index contributed by atoms with van der Waals surface area (Å²) in [5.74, 6) is 0.632. The first-order valence-electron chi connectivity index (χ1n) is 8.00. The maximum atomic E-state index is 12.3. The normalized spacial score (nSPS) is 10.2. The maximum absolute atomic E-state index is 12.3. The minimum Gasteiger partial charge on any atom is -0.495 e. The van der Waals surface area contributed by atoms with E-state index in [2.05, 4.69) is 5.32 Å². The van der Waals surface area contributed by atoms with Crippen LogP contribution in [0.4, 0.5) is 11.4 Å². The van der Waals surface area contributed by atoms with Crippen molar-refractivity contribution in [3.05, 3.63) is 47.5 Å². The van der Waals surface area contributed by atoms with E-state index in [1.54, 1.807) is 36.4 Å². The number of anilines is 2. The van der Waals surface area contributed by atoms with Crippen LogP contribution in [-0.2, 0) is 9.59 Å². The molecule has 0 spiro atoms. The van der Waals surface area contributed by atoms with Crippen LogP contribution in [0.5, 0.6) is 11.5 Å². The number of carbonyl (C=O) groups is 2. The van der Waals surface area contributed by atoms with Crippen molar-refractivity contribution in [1.82, 2.24) is 0 Å². The molecule has 6 nitrogen and oxygen atoms in total. The zero-order valence-electron chi connectivity index (χ0n) is 14.9. The summed E-state index contributed by atoms with van der Waals surface area (Å²) in [6.07, 6.45) is 0.104. The molecule has 0 aliphatic carbocycles. The molecular formula is C19H21ClN2O4. The molecule has 0 aliphatic heterocycles. The van der Waals surface area contributed by atoms with Gasteiger partial charge in [-0.25, -0.2) is 0 Å². The zero-order valence-corrected chi connectivity index (χ0v) is 15.7. The topological polar surface area (TPSA) is 67.9 Å². The van der Waals surface area contributed by atoms with Gasteiger partial charge < -0.3 is 19.7 Å². The molecule has 26 heavy (non-hydrogen) atoms. The average Bonchev–Trinajstić information content (AvgIpc) is 2.62. The summed E-state index contributed by atoms with van der Waals surface area (Å²) in [7, 11) is 3.05. The highest BCUT2D eigenvalue weighted by atomic mass is 35.5. The average molecular weight is 377 g/mol. The van der Waals surface area contributed by atoms with Crippen LogP contribution in [0.1, 0.15) is 13.3 Å². The van der Waals surface area contributed by atoms with Crippen LogP contribution in [0.3, 0.4) is 0 Å². The van der Waals surface area contributed by atoms with Gasteiger partial charge in [-0.05, 0) is 30.3 Å². The van der Waals surface area contributed by atoms with Gasteiger partial charge in [0, 0.05) is 24.9 Å². The molecule has 0 bridgehead atoms. The third-order valence-electron chi connectivity index (χ3n) is 3.76. The van der Waals surface area contributed by atoms with E-state index in [1.165, 1.54) is 26.0 Å². The highest BCUT2D eigenvalue weighted by Crippen LogP contribution is 2.31. The quantitative estimate of drug-likeness (QED) is 0.799. The number of benzene rings is 2. The van der Waals surface area contributed by atoms with Gasteiger partial charge in [-0.15, -0.1) is 0 Å². The summed E-state index contributed by atoms with van der Waals surface area (Å²) in [6.45, 7) is 1.62. The second-order valence-electron chi connectivity index (χ2n) is 5.49. The van der Waals surface area contributed by atoms with Crippen LogP contribution in [-0.4, -0.2) is 32.6 Å². The van der Waals surface area contributed by atoms with Gasteiger partial charge in [-0.3, -0.25) is 9.59 Å². The Morgan fingerprint density at radius 3 is 2.42 bits per heavy atom. The molecule has 0 heterocycles. The van der Waals surface area contributed by atoms with Gasteiger partial charge in [0.1, 0.15) is 11.5 Å². The summed E-state index contributed by atoms with van der Waals surface area (Å²) in [5.41, 5.74) is 1.10. The second-order valence-corrected chi connectivity index (χ2v) is 5.92. The first kappa shape index (κ1) is 19.6. The summed E-state index contributed by atoms with van der Waals surface area (Å²) < 4.78 is 10.5. The molecule has 0 saturated heterocycles. The number of amides is 2. The number of hydrogen-bond acceptors (Lipinski definition) is 4. The lowest BCUT2D eigenvalue weighted by Gasteiger charge is -2.23. The number of rotatable bonds is 7. The fraction of sp³-hybridized carbons (Fsp3) is 0.263. The molecule has 2 aromatic carbocycles. The Morgan fingerprint density at radius 1 is 1.08 bits per heavy atom. The SMILES string of the molecule is COc1ccccc1NC(=O)CCN(C(C)=O)c1cc(Cl)ccc1OC. The Labute approximate surface area is 157 Å². The lowest BCUT2D eigenvalue weighted by atomic mass is 10.2. The molecule has 2 aromatic rings. The van der Waals surface area contributed by atoms with Crippen LogP contribution in [0.15, 0.2) is 42.5 Å². The van der Waals surface area contributed by atoms with E-state index in [1.807, 2.05) is 6.07 Å². The Bertz CT molecular complexity index is 795. The number of ether oxygens (including phenoxy) is 2. The van der Waals surface area contributed by atoms with E-state index in [0.29, 0.717) is 27.9 Å². The predicted octanol–water partition coefficient (Wildman–Crippen LogP) is 3.74. The molecule has 0 atom stereocenters. The summed E-state index contributed by atoms with van der Waals surface area (Å²) >= 11 is 6.04. The molecule has 0 fully saturated rings. The molecule has 2 amide bonds. The molecule has 7 heteroatoms. The Morgan fingerprint density at radius 2 is 1.77 bits per heavy atom. The van der Waals surface area contributed by atoms with Crippen molar-refractivity contribution < 1.29 is 19.1 Å². The predicted molar refractivity (Wildman–Crippen MR) is 102 cm³/mol. The lowest BCUT2D eigenvalue weighted by Crippen LogP contribution is -2.32. The van der Waals surface area contributed by atoms with Gasteiger partial charge in [0.15, 0.2) is 0 Å². The van der Waals surface area contributed by atoms with Crippen molar-refractivity contribution in [1.29, 1.82) is 0 Å². The Hall–Kier alpha value is -2.73. The fourth-order valence-corrected chi connectivity index (χ4v) is 2.66. The molecule has 0 unspecified atom stereocenters. The van der Waals surface area contributed by atoms with Gasteiger partial charge in [0.25, 0.3) is 0 Å².